The third-order valence-electron chi connectivity index (χ3n) is 10.9. The maximum absolute atomic E-state index is 14.3. The molecule has 1 saturated heterocycles. The van der Waals surface area contributed by atoms with Crippen molar-refractivity contribution in [3.05, 3.63) is 78.0 Å². The Morgan fingerprint density at radius 3 is 2.27 bits per heavy atom. The molecule has 11 nitrogen and oxygen atoms in total. The molecule has 0 radical (unpaired) electrons. The highest BCUT2D eigenvalue weighted by atomic mass is 32.2. The Hall–Kier alpha value is -3.87. The summed E-state index contributed by atoms with van der Waals surface area (Å²) in [6.45, 7) is 9.44. The number of nitrogens with zero attached hydrogens (tertiary/aromatic N) is 2. The number of aliphatic hydroxyl groups excluding tert-OH is 1. The number of para-hydroxylation sites is 1. The van der Waals surface area contributed by atoms with E-state index in [1.54, 1.807) is 6.07 Å². The summed E-state index contributed by atoms with van der Waals surface area (Å²) in [4.78, 5) is 48.1. The van der Waals surface area contributed by atoms with E-state index in [4.69, 9.17) is 0 Å². The lowest BCUT2D eigenvalue weighted by Crippen LogP contribution is -2.64. The van der Waals surface area contributed by atoms with Crippen LogP contribution >= 0.6 is 0 Å². The number of sulfone groups is 1. The molecule has 52 heavy (non-hydrogen) atoms. The van der Waals surface area contributed by atoms with Crippen molar-refractivity contribution in [2.45, 2.75) is 108 Å². The molecule has 3 aromatic rings. The summed E-state index contributed by atoms with van der Waals surface area (Å²) in [7, 11) is -3.90. The molecule has 0 spiro atoms. The van der Waals surface area contributed by atoms with Gasteiger partial charge in [0, 0.05) is 36.5 Å². The average Bonchev–Trinajstić information content (AvgIpc) is 3.08. The number of carbonyl (C=O) groups excluding carboxylic acids is 3. The molecule has 2 heterocycles. The number of piperidine rings is 1. The monoisotopic (exact) mass is 733 g/mol. The maximum atomic E-state index is 14.3. The van der Waals surface area contributed by atoms with Crippen LogP contribution in [-0.4, -0.2) is 95.0 Å². The first-order valence-corrected chi connectivity index (χ1v) is 20.3. The van der Waals surface area contributed by atoms with Crippen molar-refractivity contribution in [2.24, 2.45) is 11.8 Å². The van der Waals surface area contributed by atoms with E-state index in [-0.39, 0.29) is 24.4 Å². The minimum Gasteiger partial charge on any atom is -0.390 e. The minimum absolute atomic E-state index is 0.0757. The Morgan fingerprint density at radius 2 is 1.60 bits per heavy atom. The lowest BCUT2D eigenvalue weighted by molar-refractivity contribution is -0.133. The van der Waals surface area contributed by atoms with Gasteiger partial charge in [0.25, 0.3) is 5.91 Å². The van der Waals surface area contributed by atoms with Crippen molar-refractivity contribution >= 4 is 38.5 Å². The Labute approximate surface area is 308 Å². The Kier molecular flexibility index (Phi) is 12.1. The third-order valence-corrected chi connectivity index (χ3v) is 13.0. The van der Waals surface area contributed by atoms with E-state index in [1.807, 2.05) is 75.4 Å². The van der Waals surface area contributed by atoms with Crippen LogP contribution in [0.15, 0.2) is 66.9 Å². The minimum atomic E-state index is -3.90. The maximum Gasteiger partial charge on any atom is 0.253 e. The van der Waals surface area contributed by atoms with Crippen LogP contribution in [0, 0.1) is 11.8 Å². The molecule has 2 fully saturated rings. The van der Waals surface area contributed by atoms with Crippen LogP contribution in [0.5, 0.6) is 0 Å². The molecule has 0 bridgehead atoms. The van der Waals surface area contributed by atoms with Gasteiger partial charge < -0.3 is 21.1 Å². The largest absolute Gasteiger partial charge is 0.390 e. The molecule has 4 N–H and O–H groups in total. The first-order chi connectivity index (χ1) is 24.4. The highest BCUT2D eigenvalue weighted by Gasteiger charge is 2.46. The van der Waals surface area contributed by atoms with Gasteiger partial charge in [-0.05, 0) is 83.4 Å². The zero-order chi connectivity index (χ0) is 37.8. The van der Waals surface area contributed by atoms with E-state index >= 15 is 0 Å². The van der Waals surface area contributed by atoms with Crippen molar-refractivity contribution in [3.8, 4) is 0 Å². The van der Waals surface area contributed by atoms with Crippen molar-refractivity contribution < 1.29 is 27.9 Å². The van der Waals surface area contributed by atoms with Gasteiger partial charge in [0.05, 0.1) is 34.0 Å². The zero-order valence-electron chi connectivity index (χ0n) is 31.3. The van der Waals surface area contributed by atoms with Crippen LogP contribution in [0.1, 0.15) is 82.6 Å². The molecular formula is C40H55N5O6S. The molecule has 1 saturated carbocycles. The van der Waals surface area contributed by atoms with Gasteiger partial charge in [-0.25, -0.2) is 8.42 Å². The number of rotatable bonds is 12. The molecule has 5 rings (SSSR count). The van der Waals surface area contributed by atoms with Gasteiger partial charge in [0.15, 0.2) is 9.84 Å². The molecule has 282 valence electrons. The van der Waals surface area contributed by atoms with Gasteiger partial charge in [-0.3, -0.25) is 24.3 Å². The summed E-state index contributed by atoms with van der Waals surface area (Å²) in [5.74, 6) is -0.614. The molecule has 2 aromatic carbocycles. The molecule has 6 unspecified atom stereocenters. The standard InChI is InChI=1S/C40H55N5O6S/c1-39(2,3)44-37(48)33-22-27-16-10-11-18-29(27)24-45(33)25-34(46)32(20-26-14-8-7-9-15-26)42-38(49)35(40(4,5)52(6,50)51)43-36(47)30-21-28-17-12-13-19-31(28)41-23-30/h7-9,12-15,17,19,21,23,27,29,32-35,46H,10-11,16,18,20,22,24-25H2,1-6H3,(H,42,49)(H,43,47)(H,44,48). The number of aliphatic hydroxyl groups is 1. The number of nitrogens with one attached hydrogen (secondary N) is 3. The van der Waals surface area contributed by atoms with Crippen LogP contribution < -0.4 is 16.0 Å². The number of aromatic nitrogens is 1. The highest BCUT2D eigenvalue weighted by molar-refractivity contribution is 7.92. The van der Waals surface area contributed by atoms with Gasteiger partial charge >= 0.3 is 0 Å². The Balaban J connectivity index is 1.43. The number of carbonyl (C=O) groups is 3. The molecule has 6 atom stereocenters. The average molecular weight is 734 g/mol. The second kappa shape index (κ2) is 16.0. The summed E-state index contributed by atoms with van der Waals surface area (Å²) in [6, 6.07) is 15.5. The smallest absolute Gasteiger partial charge is 0.253 e. The van der Waals surface area contributed by atoms with Gasteiger partial charge in [0.2, 0.25) is 11.8 Å². The molecule has 12 heteroatoms. The molecule has 1 aliphatic carbocycles. The van der Waals surface area contributed by atoms with Crippen molar-refractivity contribution in [1.82, 2.24) is 25.8 Å². The summed E-state index contributed by atoms with van der Waals surface area (Å²) >= 11 is 0. The number of hydrogen-bond donors (Lipinski definition) is 4. The van der Waals surface area contributed by atoms with E-state index in [2.05, 4.69) is 25.8 Å². The Bertz CT molecular complexity index is 1840. The van der Waals surface area contributed by atoms with E-state index < -0.39 is 56.2 Å². The number of hydrogen-bond acceptors (Lipinski definition) is 8. The summed E-state index contributed by atoms with van der Waals surface area (Å²) in [6.07, 6.45) is 6.69. The van der Waals surface area contributed by atoms with Crippen molar-refractivity contribution in [1.29, 1.82) is 0 Å². The summed E-state index contributed by atoms with van der Waals surface area (Å²) < 4.78 is 24.6. The Morgan fingerprint density at radius 1 is 0.942 bits per heavy atom. The van der Waals surface area contributed by atoms with Crippen LogP contribution in [0.2, 0.25) is 0 Å². The number of likely N-dealkylation sites (tertiary alicyclic amines) is 1. The number of fused-ring (bicyclic) bond motifs is 2. The molecular weight excluding hydrogens is 679 g/mol. The van der Waals surface area contributed by atoms with Gasteiger partial charge in [0.1, 0.15) is 6.04 Å². The normalized spacial score (nSPS) is 21.7. The summed E-state index contributed by atoms with van der Waals surface area (Å²) in [5, 5.41) is 21.5. The first-order valence-electron chi connectivity index (χ1n) is 18.4. The number of β-amino-alcohol motifs (C(OH)–C–C–N with tert-alkyl or cyclic N) is 1. The van der Waals surface area contributed by atoms with Crippen molar-refractivity contribution in [3.63, 3.8) is 0 Å². The predicted octanol–water partition coefficient (Wildman–Crippen LogP) is 4.04. The molecule has 3 amide bonds. The van der Waals surface area contributed by atoms with Crippen LogP contribution in [-0.2, 0) is 25.8 Å². The fourth-order valence-electron chi connectivity index (χ4n) is 7.59. The number of pyridine rings is 1. The van der Waals surface area contributed by atoms with E-state index in [0.29, 0.717) is 30.3 Å². The highest BCUT2D eigenvalue weighted by Crippen LogP contribution is 2.39. The SMILES string of the molecule is CC(C)(C)NC(=O)C1CC2CCCCC2CN1CC(O)C(Cc1ccccc1)NC(=O)C(NC(=O)c1cnc2ccccc2c1)C(C)(C)S(C)(=O)=O. The first kappa shape index (κ1) is 39.3. The number of amides is 3. The lowest BCUT2D eigenvalue weighted by Gasteiger charge is -2.47. The molecule has 1 aromatic heterocycles. The van der Waals surface area contributed by atoms with Gasteiger partial charge in [-0.2, -0.15) is 0 Å². The number of benzene rings is 2. The van der Waals surface area contributed by atoms with Gasteiger partial charge in [-0.15, -0.1) is 0 Å². The van der Waals surface area contributed by atoms with E-state index in [0.717, 1.165) is 42.9 Å². The lowest BCUT2D eigenvalue weighted by atomic mass is 9.72. The van der Waals surface area contributed by atoms with E-state index in [1.165, 1.54) is 20.0 Å². The second-order valence-electron chi connectivity index (χ2n) is 16.3. The van der Waals surface area contributed by atoms with Crippen LogP contribution in [0.3, 0.4) is 0 Å². The van der Waals surface area contributed by atoms with Gasteiger partial charge in [-0.1, -0.05) is 67.8 Å². The predicted molar refractivity (Wildman–Crippen MR) is 203 cm³/mol. The topological polar surface area (TPSA) is 158 Å². The fourth-order valence-corrected chi connectivity index (χ4v) is 8.18. The third kappa shape index (κ3) is 9.56. The fraction of sp³-hybridized carbons (Fsp3) is 0.550. The second-order valence-corrected chi connectivity index (χ2v) is 18.9. The van der Waals surface area contributed by atoms with Crippen LogP contribution in [0.4, 0.5) is 0 Å². The molecule has 1 aliphatic heterocycles. The summed E-state index contributed by atoms with van der Waals surface area (Å²) in [5.41, 5.74) is 1.29. The quantitative estimate of drug-likeness (QED) is 0.217. The zero-order valence-corrected chi connectivity index (χ0v) is 32.1. The van der Waals surface area contributed by atoms with Crippen LogP contribution in [0.25, 0.3) is 10.9 Å². The van der Waals surface area contributed by atoms with Crippen molar-refractivity contribution in [2.75, 3.05) is 19.3 Å². The molecule has 2 aliphatic rings. The van der Waals surface area contributed by atoms with E-state index in [9.17, 15) is 27.9 Å².